The molecule has 0 bridgehead atoms. The Hall–Kier alpha value is -0.870. The van der Waals surface area contributed by atoms with Crippen molar-refractivity contribution in [1.29, 1.82) is 0 Å². The van der Waals surface area contributed by atoms with Crippen molar-refractivity contribution in [2.45, 2.75) is 25.9 Å². The molecule has 3 nitrogen and oxygen atoms in total. The molecule has 2 rings (SSSR count). The molecule has 1 aromatic carbocycles. The van der Waals surface area contributed by atoms with E-state index in [1.165, 1.54) is 25.9 Å². The predicted molar refractivity (Wildman–Crippen MR) is 73.8 cm³/mol. The molecule has 0 aromatic heterocycles. The highest BCUT2D eigenvalue weighted by molar-refractivity contribution is 9.10. The van der Waals surface area contributed by atoms with Crippen molar-refractivity contribution in [2.24, 2.45) is 0 Å². The van der Waals surface area contributed by atoms with Crippen LogP contribution in [0.4, 0.5) is 0 Å². The summed E-state index contributed by atoms with van der Waals surface area (Å²) in [5, 5.41) is 0. The molecule has 0 saturated carbocycles. The van der Waals surface area contributed by atoms with E-state index in [4.69, 9.17) is 4.74 Å². The first kappa shape index (κ1) is 13.6. The zero-order chi connectivity index (χ0) is 13.0. The fourth-order valence-corrected chi connectivity index (χ4v) is 2.85. The molecule has 0 amide bonds. The van der Waals surface area contributed by atoms with Crippen LogP contribution in [0.15, 0.2) is 28.7 Å². The Morgan fingerprint density at radius 3 is 2.72 bits per heavy atom. The summed E-state index contributed by atoms with van der Waals surface area (Å²) in [6, 6.07) is 7.37. The molecule has 0 radical (unpaired) electrons. The van der Waals surface area contributed by atoms with Crippen molar-refractivity contribution < 1.29 is 14.4 Å². The van der Waals surface area contributed by atoms with Crippen molar-refractivity contribution in [3.8, 4) is 0 Å². The number of likely N-dealkylation sites (tertiary alicyclic amines) is 1. The fraction of sp³-hybridized carbons (Fsp3) is 0.500. The van der Waals surface area contributed by atoms with Gasteiger partial charge in [0, 0.05) is 17.3 Å². The molecule has 0 spiro atoms. The molecule has 4 heteroatoms. The van der Waals surface area contributed by atoms with Gasteiger partial charge in [0.15, 0.2) is 0 Å². The standard InChI is InChI=1S/C14H18BrNO2/c1-11(10-16-8-4-5-9-16)18-14(17)12-6-2-3-7-13(12)15/h2-3,6-7,11H,4-5,8-10H2,1H3/p+1/t11-/m0/s1. The largest absolute Gasteiger partial charge is 0.453 e. The van der Waals surface area contributed by atoms with Crippen LogP contribution in [0.3, 0.4) is 0 Å². The zero-order valence-corrected chi connectivity index (χ0v) is 12.2. The maximum atomic E-state index is 12.0. The summed E-state index contributed by atoms with van der Waals surface area (Å²) in [7, 11) is 0. The number of benzene rings is 1. The van der Waals surface area contributed by atoms with Crippen LogP contribution in [0, 0.1) is 0 Å². The van der Waals surface area contributed by atoms with Gasteiger partial charge in [0.05, 0.1) is 18.7 Å². The van der Waals surface area contributed by atoms with Crippen LogP contribution in [-0.4, -0.2) is 31.7 Å². The van der Waals surface area contributed by atoms with E-state index in [0.717, 1.165) is 11.0 Å². The van der Waals surface area contributed by atoms with E-state index in [0.29, 0.717) is 5.56 Å². The highest BCUT2D eigenvalue weighted by Gasteiger charge is 2.21. The summed E-state index contributed by atoms with van der Waals surface area (Å²) < 4.78 is 6.28. The number of hydrogen-bond acceptors (Lipinski definition) is 2. The first-order valence-electron chi connectivity index (χ1n) is 6.46. The molecule has 98 valence electrons. The molecule has 1 saturated heterocycles. The average molecular weight is 313 g/mol. The van der Waals surface area contributed by atoms with Crippen molar-refractivity contribution in [3.05, 3.63) is 34.3 Å². The van der Waals surface area contributed by atoms with Gasteiger partial charge in [-0.15, -0.1) is 0 Å². The summed E-state index contributed by atoms with van der Waals surface area (Å²) in [5.41, 5.74) is 0.598. The monoisotopic (exact) mass is 312 g/mol. The molecule has 1 atom stereocenters. The van der Waals surface area contributed by atoms with E-state index in [1.807, 2.05) is 25.1 Å². The van der Waals surface area contributed by atoms with Gasteiger partial charge in [-0.25, -0.2) is 4.79 Å². The Bertz CT molecular complexity index is 416. The Kier molecular flexibility index (Phi) is 4.78. The van der Waals surface area contributed by atoms with Crippen LogP contribution in [0.5, 0.6) is 0 Å². The lowest BCUT2D eigenvalue weighted by Crippen LogP contribution is -3.11. The van der Waals surface area contributed by atoms with E-state index in [9.17, 15) is 4.79 Å². The van der Waals surface area contributed by atoms with Gasteiger partial charge in [-0.05, 0) is 35.0 Å². The number of halogens is 1. The van der Waals surface area contributed by atoms with Gasteiger partial charge in [0.2, 0.25) is 0 Å². The van der Waals surface area contributed by atoms with Gasteiger partial charge < -0.3 is 9.64 Å². The number of carbonyl (C=O) groups excluding carboxylic acids is 1. The zero-order valence-electron chi connectivity index (χ0n) is 10.6. The molecule has 0 aliphatic carbocycles. The second-order valence-corrected chi connectivity index (χ2v) is 5.71. The quantitative estimate of drug-likeness (QED) is 0.857. The van der Waals surface area contributed by atoms with Crippen molar-refractivity contribution >= 4 is 21.9 Å². The molecule has 1 aromatic rings. The predicted octanol–water partition coefficient (Wildman–Crippen LogP) is 1.67. The van der Waals surface area contributed by atoms with Gasteiger partial charge in [-0.1, -0.05) is 12.1 Å². The molecule has 1 heterocycles. The lowest BCUT2D eigenvalue weighted by molar-refractivity contribution is -0.890. The van der Waals surface area contributed by atoms with Crippen LogP contribution in [0.2, 0.25) is 0 Å². The highest BCUT2D eigenvalue weighted by Crippen LogP contribution is 2.17. The van der Waals surface area contributed by atoms with Crippen LogP contribution in [-0.2, 0) is 4.74 Å². The molecule has 1 aliphatic heterocycles. The normalized spacial score (nSPS) is 17.7. The molecule has 1 fully saturated rings. The van der Waals surface area contributed by atoms with Gasteiger partial charge in [-0.3, -0.25) is 0 Å². The lowest BCUT2D eigenvalue weighted by atomic mass is 10.2. The SMILES string of the molecule is C[C@@H](C[NH+]1CCCC1)OC(=O)c1ccccc1Br. The minimum Gasteiger partial charge on any atom is -0.453 e. The van der Waals surface area contributed by atoms with E-state index < -0.39 is 0 Å². The van der Waals surface area contributed by atoms with Crippen molar-refractivity contribution in [3.63, 3.8) is 0 Å². The third kappa shape index (κ3) is 3.56. The fourth-order valence-electron chi connectivity index (χ4n) is 2.40. The van der Waals surface area contributed by atoms with Crippen molar-refractivity contribution in [1.82, 2.24) is 0 Å². The summed E-state index contributed by atoms with van der Waals surface area (Å²) in [5.74, 6) is -0.242. The highest BCUT2D eigenvalue weighted by atomic mass is 79.9. The Morgan fingerprint density at radius 1 is 1.39 bits per heavy atom. The molecule has 1 aliphatic rings. The van der Waals surface area contributed by atoms with Gasteiger partial charge in [0.25, 0.3) is 0 Å². The summed E-state index contributed by atoms with van der Waals surface area (Å²) in [6.45, 7) is 5.30. The van der Waals surface area contributed by atoms with E-state index in [1.54, 1.807) is 11.0 Å². The number of nitrogens with one attached hydrogen (secondary N) is 1. The van der Waals surface area contributed by atoms with Gasteiger partial charge >= 0.3 is 5.97 Å². The van der Waals surface area contributed by atoms with E-state index in [2.05, 4.69) is 15.9 Å². The minimum absolute atomic E-state index is 0.0299. The Balaban J connectivity index is 1.88. The molecule has 1 N–H and O–H groups in total. The molecule has 18 heavy (non-hydrogen) atoms. The number of carbonyl (C=O) groups is 1. The average Bonchev–Trinajstić information content (AvgIpc) is 2.82. The second-order valence-electron chi connectivity index (χ2n) is 4.86. The smallest absolute Gasteiger partial charge is 0.339 e. The lowest BCUT2D eigenvalue weighted by Gasteiger charge is -2.18. The van der Waals surface area contributed by atoms with E-state index in [-0.39, 0.29) is 12.1 Å². The topological polar surface area (TPSA) is 30.7 Å². The summed E-state index contributed by atoms with van der Waals surface area (Å²) in [6.07, 6.45) is 2.55. The van der Waals surface area contributed by atoms with Crippen LogP contribution in [0.25, 0.3) is 0 Å². The number of rotatable bonds is 4. The Labute approximate surface area is 116 Å². The van der Waals surface area contributed by atoms with Gasteiger partial charge in [-0.2, -0.15) is 0 Å². The number of esters is 1. The van der Waals surface area contributed by atoms with E-state index >= 15 is 0 Å². The maximum Gasteiger partial charge on any atom is 0.339 e. The third-order valence-corrected chi connectivity index (χ3v) is 3.98. The molecular weight excluding hydrogens is 294 g/mol. The first-order valence-corrected chi connectivity index (χ1v) is 7.25. The second kappa shape index (κ2) is 6.34. The number of ether oxygens (including phenoxy) is 1. The number of quaternary nitrogens is 1. The number of hydrogen-bond donors (Lipinski definition) is 1. The Morgan fingerprint density at radius 2 is 2.06 bits per heavy atom. The van der Waals surface area contributed by atoms with Crippen LogP contribution < -0.4 is 4.90 Å². The summed E-state index contributed by atoms with van der Waals surface area (Å²) in [4.78, 5) is 13.5. The first-order chi connectivity index (χ1) is 8.66. The summed E-state index contributed by atoms with van der Waals surface area (Å²) >= 11 is 3.37. The molecule has 0 unspecified atom stereocenters. The van der Waals surface area contributed by atoms with Crippen LogP contribution >= 0.6 is 15.9 Å². The van der Waals surface area contributed by atoms with Gasteiger partial charge in [0.1, 0.15) is 12.6 Å². The minimum atomic E-state index is -0.242. The molecular formula is C14H19BrNO2+. The van der Waals surface area contributed by atoms with Crippen molar-refractivity contribution in [2.75, 3.05) is 19.6 Å². The van der Waals surface area contributed by atoms with Crippen LogP contribution in [0.1, 0.15) is 30.1 Å². The third-order valence-electron chi connectivity index (χ3n) is 3.29. The maximum absolute atomic E-state index is 12.0.